The number of hydrogen-bond donors (Lipinski definition) is 0. The van der Waals surface area contributed by atoms with Crippen LogP contribution in [-0.4, -0.2) is 21.7 Å². The van der Waals surface area contributed by atoms with Gasteiger partial charge in [0.25, 0.3) is 5.56 Å². The van der Waals surface area contributed by atoms with Gasteiger partial charge in [-0.1, -0.05) is 57.6 Å². The van der Waals surface area contributed by atoms with Crippen LogP contribution in [0, 0.1) is 0 Å². The number of carbonyl (C=O) groups excluding carboxylic acids is 1. The van der Waals surface area contributed by atoms with Gasteiger partial charge in [-0.25, -0.2) is 9.79 Å². The Bertz CT molecular complexity index is 1660. The van der Waals surface area contributed by atoms with Gasteiger partial charge in [-0.05, 0) is 50.6 Å². The van der Waals surface area contributed by atoms with E-state index in [0.717, 1.165) is 33.0 Å². The van der Waals surface area contributed by atoms with Gasteiger partial charge in [0.15, 0.2) is 4.80 Å². The summed E-state index contributed by atoms with van der Waals surface area (Å²) in [5.41, 5.74) is 3.70. The van der Waals surface area contributed by atoms with Crippen molar-refractivity contribution in [3.63, 3.8) is 0 Å². The highest BCUT2D eigenvalue weighted by molar-refractivity contribution is 9.10. The minimum Gasteiger partial charge on any atom is -0.463 e. The zero-order valence-corrected chi connectivity index (χ0v) is 22.0. The van der Waals surface area contributed by atoms with E-state index in [1.165, 1.54) is 11.3 Å². The molecular formula is C27H24BrN3O3S. The first-order valence-electron chi connectivity index (χ1n) is 11.5. The highest BCUT2D eigenvalue weighted by Crippen LogP contribution is 2.31. The number of carbonyl (C=O) groups is 1. The second-order valence-corrected chi connectivity index (χ2v) is 10.2. The summed E-state index contributed by atoms with van der Waals surface area (Å²) in [7, 11) is 0. The highest BCUT2D eigenvalue weighted by Gasteiger charge is 2.33. The molecule has 0 bridgehead atoms. The van der Waals surface area contributed by atoms with Gasteiger partial charge in [-0.15, -0.1) is 0 Å². The first-order valence-corrected chi connectivity index (χ1v) is 13.1. The number of halogens is 1. The van der Waals surface area contributed by atoms with Gasteiger partial charge in [-0.2, -0.15) is 0 Å². The molecule has 6 nitrogen and oxygen atoms in total. The predicted molar refractivity (Wildman–Crippen MR) is 142 cm³/mol. The summed E-state index contributed by atoms with van der Waals surface area (Å²) < 4.78 is 10.6. The fraction of sp³-hybridized carbons (Fsp3) is 0.222. The lowest BCUT2D eigenvalue weighted by atomic mass is 9.96. The van der Waals surface area contributed by atoms with Crippen molar-refractivity contribution in [3.05, 3.63) is 101 Å². The number of nitrogens with zero attached hydrogens (tertiary/aromatic N) is 3. The molecule has 0 saturated heterocycles. The number of allylic oxidation sites excluding steroid dienone is 1. The number of aryl methyl sites for hydroxylation is 1. The van der Waals surface area contributed by atoms with Crippen LogP contribution in [0.2, 0.25) is 0 Å². The molecule has 35 heavy (non-hydrogen) atoms. The lowest BCUT2D eigenvalue weighted by Crippen LogP contribution is -2.39. The maximum Gasteiger partial charge on any atom is 0.338 e. The van der Waals surface area contributed by atoms with Crippen molar-refractivity contribution in [2.75, 3.05) is 6.61 Å². The smallest absolute Gasteiger partial charge is 0.338 e. The Kier molecular flexibility index (Phi) is 6.34. The quantitative estimate of drug-likeness (QED) is 0.343. The second-order valence-electron chi connectivity index (χ2n) is 8.24. The number of thiazole rings is 1. The number of esters is 1. The van der Waals surface area contributed by atoms with Gasteiger partial charge >= 0.3 is 5.97 Å². The summed E-state index contributed by atoms with van der Waals surface area (Å²) in [6.07, 6.45) is 4.00. The van der Waals surface area contributed by atoms with Gasteiger partial charge in [0.05, 0.1) is 28.5 Å². The standard InChI is InChI=1S/C27H24BrN3O3S/c1-4-30-15-18(20-8-6-7-9-21(20)30)14-22-25(32)31-24(17-10-12-19(28)13-11-17)23(26(33)34-5-2)16(3)29-27(31)35-22/h6-15,24H,4-5H2,1-3H3/b22-14-/t24-/m1/s1. The Morgan fingerprint density at radius 1 is 1.17 bits per heavy atom. The van der Waals surface area contributed by atoms with Gasteiger partial charge in [0.2, 0.25) is 0 Å². The summed E-state index contributed by atoms with van der Waals surface area (Å²) in [6, 6.07) is 15.2. The van der Waals surface area contributed by atoms with Crippen molar-refractivity contribution in [3.8, 4) is 0 Å². The molecule has 0 fully saturated rings. The zero-order chi connectivity index (χ0) is 24.7. The summed E-state index contributed by atoms with van der Waals surface area (Å²) in [6.45, 7) is 6.74. The van der Waals surface area contributed by atoms with Crippen molar-refractivity contribution in [1.29, 1.82) is 0 Å². The molecule has 0 N–H and O–H groups in total. The van der Waals surface area contributed by atoms with Crippen LogP contribution in [0.3, 0.4) is 0 Å². The van der Waals surface area contributed by atoms with E-state index in [-0.39, 0.29) is 12.2 Å². The van der Waals surface area contributed by atoms with E-state index in [9.17, 15) is 9.59 Å². The summed E-state index contributed by atoms with van der Waals surface area (Å²) >= 11 is 4.81. The fourth-order valence-corrected chi connectivity index (χ4v) is 5.85. The number of benzene rings is 2. The first-order chi connectivity index (χ1) is 16.9. The monoisotopic (exact) mass is 549 g/mol. The number of ether oxygens (including phenoxy) is 1. The number of para-hydroxylation sites is 1. The lowest BCUT2D eigenvalue weighted by Gasteiger charge is -2.24. The number of aromatic nitrogens is 2. The molecule has 178 valence electrons. The molecule has 5 rings (SSSR count). The van der Waals surface area contributed by atoms with Crippen molar-refractivity contribution in [1.82, 2.24) is 9.13 Å². The van der Waals surface area contributed by atoms with Crippen LogP contribution in [0.1, 0.15) is 37.9 Å². The molecule has 1 aliphatic rings. The van der Waals surface area contributed by atoms with Crippen LogP contribution < -0.4 is 14.9 Å². The molecule has 2 aromatic heterocycles. The Labute approximate surface area is 214 Å². The Morgan fingerprint density at radius 3 is 2.63 bits per heavy atom. The SMILES string of the molecule is CCOC(=O)C1=C(C)N=c2s/c(=C\c3cn(CC)c4ccccc34)c(=O)n2[C@@H]1c1ccc(Br)cc1. The van der Waals surface area contributed by atoms with Crippen LogP contribution in [0.4, 0.5) is 0 Å². The third-order valence-electron chi connectivity index (χ3n) is 6.15. The van der Waals surface area contributed by atoms with Crippen LogP contribution in [0.15, 0.2) is 80.3 Å². The van der Waals surface area contributed by atoms with Crippen LogP contribution in [0.25, 0.3) is 17.0 Å². The summed E-state index contributed by atoms with van der Waals surface area (Å²) in [4.78, 5) is 32.0. The molecule has 0 saturated carbocycles. The number of hydrogen-bond acceptors (Lipinski definition) is 5. The van der Waals surface area contributed by atoms with Gasteiger partial charge in [0.1, 0.15) is 0 Å². The predicted octanol–water partition coefficient (Wildman–Crippen LogP) is 4.54. The molecule has 0 radical (unpaired) electrons. The number of rotatable bonds is 5. The summed E-state index contributed by atoms with van der Waals surface area (Å²) in [5.74, 6) is -0.457. The molecule has 2 aromatic carbocycles. The van der Waals surface area contributed by atoms with Crippen molar-refractivity contribution in [2.45, 2.75) is 33.4 Å². The highest BCUT2D eigenvalue weighted by atomic mass is 79.9. The normalized spacial score (nSPS) is 15.9. The molecule has 0 amide bonds. The van der Waals surface area contributed by atoms with Crippen LogP contribution in [-0.2, 0) is 16.1 Å². The average molecular weight is 550 g/mol. The van der Waals surface area contributed by atoms with E-state index in [4.69, 9.17) is 4.74 Å². The van der Waals surface area contributed by atoms with Crippen LogP contribution >= 0.6 is 27.3 Å². The molecule has 0 unspecified atom stereocenters. The molecule has 8 heteroatoms. The molecule has 3 heterocycles. The molecule has 1 aliphatic heterocycles. The van der Waals surface area contributed by atoms with E-state index >= 15 is 0 Å². The fourth-order valence-electron chi connectivity index (χ4n) is 4.55. The van der Waals surface area contributed by atoms with Crippen molar-refractivity contribution in [2.24, 2.45) is 4.99 Å². The van der Waals surface area contributed by atoms with Crippen LogP contribution in [0.5, 0.6) is 0 Å². The summed E-state index contributed by atoms with van der Waals surface area (Å²) in [5, 5.41) is 1.09. The van der Waals surface area contributed by atoms with E-state index in [1.54, 1.807) is 18.4 Å². The van der Waals surface area contributed by atoms with Gasteiger partial charge < -0.3 is 9.30 Å². The zero-order valence-electron chi connectivity index (χ0n) is 19.6. The number of fused-ring (bicyclic) bond motifs is 2. The van der Waals surface area contributed by atoms with E-state index in [1.807, 2.05) is 42.5 Å². The maximum absolute atomic E-state index is 13.8. The average Bonchev–Trinajstić information content (AvgIpc) is 3.36. The van der Waals surface area contributed by atoms with E-state index in [2.05, 4.69) is 50.7 Å². The first kappa shape index (κ1) is 23.5. The third kappa shape index (κ3) is 4.10. The Hall–Kier alpha value is -3.23. The minimum atomic E-state index is -0.613. The Balaban J connectivity index is 1.75. The maximum atomic E-state index is 13.8. The topological polar surface area (TPSA) is 65.6 Å². The Morgan fingerprint density at radius 2 is 1.91 bits per heavy atom. The second kappa shape index (κ2) is 9.43. The van der Waals surface area contributed by atoms with Gasteiger partial charge in [0, 0.05) is 33.7 Å². The molecule has 0 spiro atoms. The van der Waals surface area contributed by atoms with E-state index < -0.39 is 12.0 Å². The van der Waals surface area contributed by atoms with Gasteiger partial charge in [-0.3, -0.25) is 9.36 Å². The third-order valence-corrected chi connectivity index (χ3v) is 7.66. The largest absolute Gasteiger partial charge is 0.463 e. The van der Waals surface area contributed by atoms with E-state index in [0.29, 0.717) is 20.6 Å². The van der Waals surface area contributed by atoms with Crippen molar-refractivity contribution >= 4 is 50.2 Å². The molecule has 1 atom stereocenters. The molecule has 4 aromatic rings. The molecule has 0 aliphatic carbocycles. The lowest BCUT2D eigenvalue weighted by molar-refractivity contribution is -0.139. The van der Waals surface area contributed by atoms with Crippen molar-refractivity contribution < 1.29 is 9.53 Å². The molecular weight excluding hydrogens is 526 g/mol. The minimum absolute atomic E-state index is 0.177.